The fraction of sp³-hybridized carbons (Fsp3) is 0.385. The quantitative estimate of drug-likeness (QED) is 0.408. The number of hydrogen-bond donors (Lipinski definition) is 1. The van der Waals surface area contributed by atoms with Gasteiger partial charge in [0.05, 0.1) is 18.4 Å². The van der Waals surface area contributed by atoms with E-state index in [4.69, 9.17) is 18.6 Å². The van der Waals surface area contributed by atoms with E-state index in [0.29, 0.717) is 37.0 Å². The molecule has 1 N–H and O–H groups in total. The Morgan fingerprint density at radius 3 is 2.55 bits per heavy atom. The Labute approximate surface area is 194 Å². The number of hydrogen-bond acceptors (Lipinski definition) is 6. The third-order valence-electron chi connectivity index (χ3n) is 4.95. The molecule has 7 nitrogen and oxygen atoms in total. The van der Waals surface area contributed by atoms with E-state index in [2.05, 4.69) is 4.98 Å². The summed E-state index contributed by atoms with van der Waals surface area (Å²) < 4.78 is 23.1. The number of aliphatic carboxylic acids is 1. The highest BCUT2D eigenvalue weighted by Gasteiger charge is 2.19. The van der Waals surface area contributed by atoms with Crippen LogP contribution in [0.2, 0.25) is 0 Å². The van der Waals surface area contributed by atoms with E-state index in [0.717, 1.165) is 22.6 Å². The Morgan fingerprint density at radius 1 is 1.12 bits per heavy atom. The fourth-order valence-electron chi connectivity index (χ4n) is 3.40. The number of carbonyl (C=O) groups is 1. The van der Waals surface area contributed by atoms with Crippen molar-refractivity contribution in [2.24, 2.45) is 0 Å². The molecule has 0 saturated carbocycles. The van der Waals surface area contributed by atoms with Crippen molar-refractivity contribution in [3.05, 3.63) is 65.5 Å². The number of aromatic nitrogens is 1. The molecule has 3 aromatic rings. The maximum atomic E-state index is 11.5. The molecule has 0 bridgehead atoms. The Balaban J connectivity index is 1.72. The van der Waals surface area contributed by atoms with Crippen LogP contribution < -0.4 is 9.47 Å². The lowest BCUT2D eigenvalue weighted by molar-refractivity contribution is -0.149. The second-order valence-corrected chi connectivity index (χ2v) is 7.92. The van der Waals surface area contributed by atoms with Crippen LogP contribution in [-0.2, 0) is 22.4 Å². The van der Waals surface area contributed by atoms with Crippen molar-refractivity contribution < 1.29 is 28.5 Å². The maximum Gasteiger partial charge on any atom is 0.333 e. The first-order valence-corrected chi connectivity index (χ1v) is 11.2. The average Bonchev–Trinajstić information content (AvgIpc) is 3.16. The lowest BCUT2D eigenvalue weighted by Gasteiger charge is -2.17. The summed E-state index contributed by atoms with van der Waals surface area (Å²) in [6.07, 6.45) is -0.136. The van der Waals surface area contributed by atoms with Crippen molar-refractivity contribution in [1.82, 2.24) is 4.98 Å². The number of aryl methyl sites for hydroxylation is 1. The van der Waals surface area contributed by atoms with Crippen LogP contribution in [-0.4, -0.2) is 41.5 Å². The number of ether oxygens (including phenoxy) is 3. The van der Waals surface area contributed by atoms with Crippen molar-refractivity contribution in [3.8, 4) is 23.0 Å². The van der Waals surface area contributed by atoms with Gasteiger partial charge in [0.1, 0.15) is 5.76 Å². The van der Waals surface area contributed by atoms with E-state index in [-0.39, 0.29) is 12.5 Å². The van der Waals surface area contributed by atoms with Crippen molar-refractivity contribution in [3.63, 3.8) is 0 Å². The van der Waals surface area contributed by atoms with Gasteiger partial charge < -0.3 is 23.7 Å². The molecule has 0 amide bonds. The molecule has 0 spiro atoms. The average molecular weight is 454 g/mol. The minimum Gasteiger partial charge on any atom is -0.489 e. The molecule has 7 heteroatoms. The van der Waals surface area contributed by atoms with E-state index < -0.39 is 12.1 Å². The van der Waals surface area contributed by atoms with Gasteiger partial charge in [-0.05, 0) is 57.5 Å². The molecule has 0 aliphatic heterocycles. The summed E-state index contributed by atoms with van der Waals surface area (Å²) in [4.78, 5) is 16.1. The van der Waals surface area contributed by atoms with Gasteiger partial charge in [0.25, 0.3) is 0 Å². The maximum absolute atomic E-state index is 11.5. The first kappa shape index (κ1) is 24.3. The highest BCUT2D eigenvalue weighted by Crippen LogP contribution is 2.30. The predicted molar refractivity (Wildman–Crippen MR) is 125 cm³/mol. The molecule has 1 aromatic heterocycles. The SMILES string of the molecule is CCOC(Cc1ccc(OC(C)C)c(OCCc2nc(-c3ccccc3)oc2C)c1)C(=O)O. The molecule has 3 rings (SSSR count). The van der Waals surface area contributed by atoms with Crippen molar-refractivity contribution in [2.75, 3.05) is 13.2 Å². The van der Waals surface area contributed by atoms with Crippen LogP contribution in [0.25, 0.3) is 11.5 Å². The molecule has 0 radical (unpaired) electrons. The zero-order valence-corrected chi connectivity index (χ0v) is 19.5. The van der Waals surface area contributed by atoms with Crippen LogP contribution in [0.15, 0.2) is 52.9 Å². The molecule has 2 aromatic carbocycles. The Kier molecular flexibility index (Phi) is 8.49. The minimum atomic E-state index is -0.988. The van der Waals surface area contributed by atoms with Crippen LogP contribution >= 0.6 is 0 Å². The van der Waals surface area contributed by atoms with Crippen LogP contribution in [0, 0.1) is 6.92 Å². The fourth-order valence-corrected chi connectivity index (χ4v) is 3.40. The van der Waals surface area contributed by atoms with E-state index in [1.807, 2.05) is 69.3 Å². The number of oxazole rings is 1. The van der Waals surface area contributed by atoms with E-state index in [1.54, 1.807) is 6.92 Å². The Morgan fingerprint density at radius 2 is 1.88 bits per heavy atom. The monoisotopic (exact) mass is 453 g/mol. The van der Waals surface area contributed by atoms with Gasteiger partial charge in [-0.15, -0.1) is 0 Å². The highest BCUT2D eigenvalue weighted by atomic mass is 16.5. The summed E-state index contributed by atoms with van der Waals surface area (Å²) in [6, 6.07) is 15.2. The first-order valence-electron chi connectivity index (χ1n) is 11.2. The molecule has 176 valence electrons. The Bertz CT molecular complexity index is 1040. The number of benzene rings is 2. The van der Waals surface area contributed by atoms with Crippen LogP contribution in [0.4, 0.5) is 0 Å². The van der Waals surface area contributed by atoms with Gasteiger partial charge in [-0.3, -0.25) is 0 Å². The lowest BCUT2D eigenvalue weighted by Crippen LogP contribution is -2.26. The van der Waals surface area contributed by atoms with E-state index in [9.17, 15) is 9.90 Å². The molecule has 0 aliphatic carbocycles. The van der Waals surface area contributed by atoms with Gasteiger partial charge >= 0.3 is 5.97 Å². The topological polar surface area (TPSA) is 91.0 Å². The number of nitrogens with zero attached hydrogens (tertiary/aromatic N) is 1. The second kappa shape index (κ2) is 11.5. The summed E-state index contributed by atoms with van der Waals surface area (Å²) >= 11 is 0. The molecule has 0 saturated heterocycles. The van der Waals surface area contributed by atoms with E-state index >= 15 is 0 Å². The summed E-state index contributed by atoms with van der Waals surface area (Å²) in [5.41, 5.74) is 2.56. The molecule has 0 aliphatic rings. The van der Waals surface area contributed by atoms with Crippen molar-refractivity contribution in [1.29, 1.82) is 0 Å². The van der Waals surface area contributed by atoms with E-state index in [1.165, 1.54) is 0 Å². The van der Waals surface area contributed by atoms with Gasteiger partial charge in [0, 0.05) is 25.0 Å². The van der Waals surface area contributed by atoms with Gasteiger partial charge in [0.15, 0.2) is 17.6 Å². The Hall–Kier alpha value is -3.32. The highest BCUT2D eigenvalue weighted by molar-refractivity contribution is 5.72. The third kappa shape index (κ3) is 6.83. The van der Waals surface area contributed by atoms with Crippen molar-refractivity contribution in [2.45, 2.75) is 52.7 Å². The molecule has 1 heterocycles. The molecule has 1 atom stereocenters. The largest absolute Gasteiger partial charge is 0.489 e. The third-order valence-corrected chi connectivity index (χ3v) is 4.95. The number of rotatable bonds is 12. The van der Waals surface area contributed by atoms with Crippen LogP contribution in [0.5, 0.6) is 11.5 Å². The molecular weight excluding hydrogens is 422 g/mol. The molecule has 33 heavy (non-hydrogen) atoms. The van der Waals surface area contributed by atoms with Crippen LogP contribution in [0.3, 0.4) is 0 Å². The second-order valence-electron chi connectivity index (χ2n) is 7.92. The minimum absolute atomic E-state index is 0.0281. The zero-order valence-electron chi connectivity index (χ0n) is 19.5. The number of carboxylic acids is 1. The normalized spacial score (nSPS) is 12.0. The summed E-state index contributed by atoms with van der Waals surface area (Å²) in [5.74, 6) is 1.53. The molecular formula is C26H31NO6. The standard InChI is InChI=1S/C26H31NO6/c1-5-30-24(26(28)29)16-19-11-12-22(32-17(2)3)23(15-19)31-14-13-21-18(4)33-25(27-21)20-9-7-6-8-10-20/h6-12,15,17,24H,5,13-14,16H2,1-4H3,(H,28,29). The summed E-state index contributed by atoms with van der Waals surface area (Å²) in [7, 11) is 0. The molecule has 0 fully saturated rings. The summed E-state index contributed by atoms with van der Waals surface area (Å²) in [5, 5.41) is 9.39. The van der Waals surface area contributed by atoms with Gasteiger partial charge in [-0.2, -0.15) is 0 Å². The molecule has 1 unspecified atom stereocenters. The summed E-state index contributed by atoms with van der Waals surface area (Å²) in [6.45, 7) is 8.25. The van der Waals surface area contributed by atoms with Gasteiger partial charge in [0.2, 0.25) is 5.89 Å². The van der Waals surface area contributed by atoms with Gasteiger partial charge in [-0.1, -0.05) is 24.3 Å². The zero-order chi connectivity index (χ0) is 23.8. The van der Waals surface area contributed by atoms with Gasteiger partial charge in [-0.25, -0.2) is 9.78 Å². The van der Waals surface area contributed by atoms with Crippen LogP contribution in [0.1, 0.15) is 37.8 Å². The first-order chi connectivity index (χ1) is 15.9. The number of carboxylic acid groups (broad SMARTS) is 1. The predicted octanol–water partition coefficient (Wildman–Crippen LogP) is 5.09. The lowest BCUT2D eigenvalue weighted by atomic mass is 10.1. The smallest absolute Gasteiger partial charge is 0.333 e. The van der Waals surface area contributed by atoms with Crippen molar-refractivity contribution >= 4 is 5.97 Å².